The molecule has 0 atom stereocenters. The molecule has 0 aromatic carbocycles. The molecule has 0 fully saturated rings. The summed E-state index contributed by atoms with van der Waals surface area (Å²) in [6.45, 7) is 6.13. The molecule has 1 N–H and O–H groups in total. The predicted octanol–water partition coefficient (Wildman–Crippen LogP) is 1.29. The maximum atomic E-state index is 11.9. The summed E-state index contributed by atoms with van der Waals surface area (Å²) in [5, 5.41) is 6.62. The Morgan fingerprint density at radius 2 is 2.10 bits per heavy atom. The minimum atomic E-state index is -0.537. The Hall–Kier alpha value is -2.05. The molecule has 1 aromatic rings. The SMILES string of the molecule is CN(Cc1cnn(C)c1)C(=O)CCNC(=O)OC(C)(C)C. The van der Waals surface area contributed by atoms with Crippen LogP contribution in [0.3, 0.4) is 0 Å². The van der Waals surface area contributed by atoms with Crippen molar-refractivity contribution in [2.24, 2.45) is 7.05 Å². The quantitative estimate of drug-likeness (QED) is 0.888. The number of aromatic nitrogens is 2. The van der Waals surface area contributed by atoms with E-state index in [1.165, 1.54) is 0 Å². The molecule has 0 saturated heterocycles. The first-order valence-corrected chi connectivity index (χ1v) is 6.86. The van der Waals surface area contributed by atoms with Crippen LogP contribution in [0.1, 0.15) is 32.8 Å². The van der Waals surface area contributed by atoms with Crippen LogP contribution >= 0.6 is 0 Å². The van der Waals surface area contributed by atoms with Crippen LogP contribution < -0.4 is 5.32 Å². The Bertz CT molecular complexity index is 491. The van der Waals surface area contributed by atoms with Crippen LogP contribution in [0.2, 0.25) is 0 Å². The molecule has 0 radical (unpaired) electrons. The van der Waals surface area contributed by atoms with Crippen LogP contribution in [0.15, 0.2) is 12.4 Å². The van der Waals surface area contributed by atoms with E-state index in [4.69, 9.17) is 4.74 Å². The van der Waals surface area contributed by atoms with Crippen molar-refractivity contribution in [2.45, 2.75) is 39.3 Å². The number of rotatable bonds is 5. The van der Waals surface area contributed by atoms with Gasteiger partial charge in [-0.05, 0) is 20.8 Å². The normalized spacial score (nSPS) is 11.1. The average Bonchev–Trinajstić information content (AvgIpc) is 2.72. The third kappa shape index (κ3) is 6.78. The predicted molar refractivity (Wildman–Crippen MR) is 78.5 cm³/mol. The number of carbonyl (C=O) groups is 2. The molecule has 0 spiro atoms. The van der Waals surface area contributed by atoms with Crippen LogP contribution in [0, 0.1) is 0 Å². The number of ether oxygens (including phenoxy) is 1. The minimum Gasteiger partial charge on any atom is -0.444 e. The fourth-order valence-electron chi connectivity index (χ4n) is 1.69. The third-order valence-corrected chi connectivity index (χ3v) is 2.61. The van der Waals surface area contributed by atoms with Crippen LogP contribution in [0.25, 0.3) is 0 Å². The maximum absolute atomic E-state index is 11.9. The van der Waals surface area contributed by atoms with Crippen molar-refractivity contribution in [2.75, 3.05) is 13.6 Å². The van der Waals surface area contributed by atoms with Gasteiger partial charge in [0.2, 0.25) is 5.91 Å². The first-order valence-electron chi connectivity index (χ1n) is 6.86. The zero-order valence-corrected chi connectivity index (χ0v) is 13.3. The van der Waals surface area contributed by atoms with Crippen LogP contribution in [-0.2, 0) is 23.1 Å². The largest absolute Gasteiger partial charge is 0.444 e. The van der Waals surface area contributed by atoms with E-state index in [0.717, 1.165) is 5.56 Å². The molecule has 0 saturated carbocycles. The Labute approximate surface area is 125 Å². The lowest BCUT2D eigenvalue weighted by molar-refractivity contribution is -0.130. The monoisotopic (exact) mass is 296 g/mol. The fourth-order valence-corrected chi connectivity index (χ4v) is 1.69. The second-order valence-corrected chi connectivity index (χ2v) is 5.95. The Morgan fingerprint density at radius 1 is 1.43 bits per heavy atom. The Morgan fingerprint density at radius 3 is 2.62 bits per heavy atom. The van der Waals surface area contributed by atoms with Gasteiger partial charge in [-0.3, -0.25) is 9.48 Å². The zero-order valence-electron chi connectivity index (χ0n) is 13.3. The standard InChI is InChI=1S/C14H24N4O3/c1-14(2,3)21-13(20)15-7-6-12(19)17(4)9-11-8-16-18(5)10-11/h8,10H,6-7,9H2,1-5H3,(H,15,20). The molecular formula is C14H24N4O3. The van der Waals surface area contributed by atoms with Crippen molar-refractivity contribution in [1.29, 1.82) is 0 Å². The van der Waals surface area contributed by atoms with Crippen molar-refractivity contribution in [1.82, 2.24) is 20.0 Å². The lowest BCUT2D eigenvalue weighted by Gasteiger charge is -2.20. The van der Waals surface area contributed by atoms with Gasteiger partial charge in [-0.1, -0.05) is 0 Å². The van der Waals surface area contributed by atoms with Crippen molar-refractivity contribution >= 4 is 12.0 Å². The van der Waals surface area contributed by atoms with Crippen LogP contribution in [-0.4, -0.2) is 45.9 Å². The second kappa shape index (κ2) is 7.10. The van der Waals surface area contributed by atoms with Gasteiger partial charge in [0.25, 0.3) is 0 Å². The van der Waals surface area contributed by atoms with Gasteiger partial charge in [0.05, 0.1) is 6.20 Å². The summed E-state index contributed by atoms with van der Waals surface area (Å²) in [4.78, 5) is 25.0. The number of hydrogen-bond donors (Lipinski definition) is 1. The van der Waals surface area contributed by atoms with E-state index < -0.39 is 11.7 Å². The van der Waals surface area contributed by atoms with E-state index in [1.54, 1.807) is 43.6 Å². The van der Waals surface area contributed by atoms with E-state index >= 15 is 0 Å². The molecule has 118 valence electrons. The molecular weight excluding hydrogens is 272 g/mol. The number of nitrogens with one attached hydrogen (secondary N) is 1. The minimum absolute atomic E-state index is 0.0464. The summed E-state index contributed by atoms with van der Waals surface area (Å²) >= 11 is 0. The molecule has 1 rings (SSSR count). The summed E-state index contributed by atoms with van der Waals surface area (Å²) in [5.74, 6) is -0.0464. The molecule has 0 aliphatic carbocycles. The fraction of sp³-hybridized carbons (Fsp3) is 0.643. The molecule has 7 heteroatoms. The molecule has 2 amide bonds. The zero-order chi connectivity index (χ0) is 16.0. The van der Waals surface area contributed by atoms with Gasteiger partial charge in [0.15, 0.2) is 0 Å². The summed E-state index contributed by atoms with van der Waals surface area (Å²) in [7, 11) is 3.55. The number of aryl methyl sites for hydroxylation is 1. The number of amides is 2. The van der Waals surface area contributed by atoms with Gasteiger partial charge in [-0.2, -0.15) is 5.10 Å². The van der Waals surface area contributed by atoms with Crippen molar-refractivity contribution in [3.63, 3.8) is 0 Å². The molecule has 0 unspecified atom stereocenters. The van der Waals surface area contributed by atoms with Crippen molar-refractivity contribution < 1.29 is 14.3 Å². The number of carbonyl (C=O) groups excluding carboxylic acids is 2. The summed E-state index contributed by atoms with van der Waals surface area (Å²) in [6.07, 6.45) is 3.31. The molecule has 7 nitrogen and oxygen atoms in total. The summed E-state index contributed by atoms with van der Waals surface area (Å²) in [5.41, 5.74) is 0.430. The van der Waals surface area contributed by atoms with E-state index in [1.807, 2.05) is 13.2 Å². The third-order valence-electron chi connectivity index (χ3n) is 2.61. The van der Waals surface area contributed by atoms with Crippen LogP contribution in [0.5, 0.6) is 0 Å². The Balaban J connectivity index is 2.28. The lowest BCUT2D eigenvalue weighted by atomic mass is 10.2. The molecule has 1 aromatic heterocycles. The van der Waals surface area contributed by atoms with Gasteiger partial charge in [0, 0.05) is 45.4 Å². The average molecular weight is 296 g/mol. The highest BCUT2D eigenvalue weighted by Crippen LogP contribution is 2.06. The van der Waals surface area contributed by atoms with E-state index in [0.29, 0.717) is 6.54 Å². The maximum Gasteiger partial charge on any atom is 0.407 e. The smallest absolute Gasteiger partial charge is 0.407 e. The Kier molecular flexibility index (Phi) is 5.75. The highest BCUT2D eigenvalue weighted by molar-refractivity contribution is 5.77. The highest BCUT2D eigenvalue weighted by Gasteiger charge is 2.16. The molecule has 21 heavy (non-hydrogen) atoms. The molecule has 0 aliphatic rings. The van der Waals surface area contributed by atoms with Crippen LogP contribution in [0.4, 0.5) is 4.79 Å². The van der Waals surface area contributed by atoms with Gasteiger partial charge < -0.3 is 15.0 Å². The highest BCUT2D eigenvalue weighted by atomic mass is 16.6. The van der Waals surface area contributed by atoms with Gasteiger partial charge in [0.1, 0.15) is 5.60 Å². The van der Waals surface area contributed by atoms with E-state index in [-0.39, 0.29) is 18.9 Å². The lowest BCUT2D eigenvalue weighted by Crippen LogP contribution is -2.35. The van der Waals surface area contributed by atoms with Gasteiger partial charge in [-0.25, -0.2) is 4.79 Å². The second-order valence-electron chi connectivity index (χ2n) is 5.95. The summed E-state index contributed by atoms with van der Waals surface area (Å²) in [6, 6.07) is 0. The number of hydrogen-bond acceptors (Lipinski definition) is 4. The van der Waals surface area contributed by atoms with Gasteiger partial charge in [-0.15, -0.1) is 0 Å². The molecule has 0 aliphatic heterocycles. The number of alkyl carbamates (subject to hydrolysis) is 1. The first kappa shape index (κ1) is 17.0. The van der Waals surface area contributed by atoms with Crippen molar-refractivity contribution in [3.05, 3.63) is 18.0 Å². The molecule has 1 heterocycles. The van der Waals surface area contributed by atoms with E-state index in [2.05, 4.69) is 10.4 Å². The first-order chi connectivity index (χ1) is 9.67. The number of nitrogens with zero attached hydrogens (tertiary/aromatic N) is 3. The molecule has 0 bridgehead atoms. The van der Waals surface area contributed by atoms with Crippen molar-refractivity contribution in [3.8, 4) is 0 Å². The van der Waals surface area contributed by atoms with Gasteiger partial charge >= 0.3 is 6.09 Å². The van der Waals surface area contributed by atoms with E-state index in [9.17, 15) is 9.59 Å². The summed E-state index contributed by atoms with van der Waals surface area (Å²) < 4.78 is 6.78. The topological polar surface area (TPSA) is 76.5 Å².